The fourth-order valence-corrected chi connectivity index (χ4v) is 12.5. The van der Waals surface area contributed by atoms with E-state index in [1.807, 2.05) is 11.3 Å². The molecule has 276 valence electrons. The van der Waals surface area contributed by atoms with Crippen LogP contribution in [0.5, 0.6) is 0 Å². The fraction of sp³-hybridized carbons (Fsp3) is 0.107. The van der Waals surface area contributed by atoms with Crippen LogP contribution in [0.2, 0.25) is 0 Å². The van der Waals surface area contributed by atoms with Crippen molar-refractivity contribution in [2.45, 2.75) is 30.1 Å². The molecule has 0 N–H and O–H groups in total. The summed E-state index contributed by atoms with van der Waals surface area (Å²) in [6, 6.07) is 63.8. The van der Waals surface area contributed by atoms with Gasteiger partial charge in [0.25, 0.3) is 0 Å². The fourth-order valence-electron chi connectivity index (χ4n) is 11.3. The first-order valence-electron chi connectivity index (χ1n) is 20.7. The summed E-state index contributed by atoms with van der Waals surface area (Å²) in [6.07, 6.45) is 17.6. The maximum absolute atomic E-state index is 2.57. The highest BCUT2D eigenvalue weighted by Crippen LogP contribution is 2.67. The number of fused-ring (bicyclic) bond motifs is 8. The molecule has 58 heavy (non-hydrogen) atoms. The highest BCUT2D eigenvalue weighted by atomic mass is 32.1. The number of anilines is 2. The zero-order chi connectivity index (χ0) is 38.3. The normalized spacial score (nSPS) is 21.3. The third-order valence-electron chi connectivity index (χ3n) is 13.5. The lowest BCUT2D eigenvalue weighted by molar-refractivity contribution is 0.403. The van der Waals surface area contributed by atoms with Crippen LogP contribution in [0.25, 0.3) is 31.3 Å². The van der Waals surface area contributed by atoms with Crippen molar-refractivity contribution in [1.29, 1.82) is 0 Å². The Morgan fingerprint density at radius 2 is 1.28 bits per heavy atom. The number of hydrogen-bond donors (Lipinski definition) is 0. The van der Waals surface area contributed by atoms with Crippen LogP contribution in [0.1, 0.15) is 52.6 Å². The summed E-state index contributed by atoms with van der Waals surface area (Å²) in [6.45, 7) is 0. The highest BCUT2D eigenvalue weighted by molar-refractivity contribution is 7.26. The molecule has 0 radical (unpaired) electrons. The summed E-state index contributed by atoms with van der Waals surface area (Å²) in [7, 11) is 0. The predicted octanol–water partition coefficient (Wildman–Crippen LogP) is 14.6. The van der Waals surface area contributed by atoms with Gasteiger partial charge in [-0.25, -0.2) is 0 Å². The minimum absolute atomic E-state index is 0.192. The van der Waals surface area contributed by atoms with E-state index < -0.39 is 5.41 Å². The molecule has 0 bridgehead atoms. The third-order valence-corrected chi connectivity index (χ3v) is 14.7. The van der Waals surface area contributed by atoms with E-state index in [2.05, 4.69) is 211 Å². The Hall–Kier alpha value is -6.48. The van der Waals surface area contributed by atoms with Gasteiger partial charge in [0.1, 0.15) is 0 Å². The second kappa shape index (κ2) is 13.0. The second-order valence-corrected chi connectivity index (χ2v) is 17.2. The minimum Gasteiger partial charge on any atom is -0.309 e. The van der Waals surface area contributed by atoms with Gasteiger partial charge < -0.3 is 4.90 Å². The molecule has 3 atom stereocenters. The molecule has 3 unspecified atom stereocenters. The van der Waals surface area contributed by atoms with Crippen LogP contribution in [0, 0.1) is 5.92 Å². The summed E-state index contributed by atoms with van der Waals surface area (Å²) < 4.78 is 2.64. The molecule has 0 fully saturated rings. The van der Waals surface area contributed by atoms with Gasteiger partial charge >= 0.3 is 0 Å². The largest absolute Gasteiger partial charge is 0.309 e. The molecule has 2 heteroatoms. The summed E-state index contributed by atoms with van der Waals surface area (Å²) in [5.74, 6) is 0.192. The zero-order valence-corrected chi connectivity index (χ0v) is 33.0. The summed E-state index contributed by atoms with van der Waals surface area (Å²) >= 11 is 1.89. The van der Waals surface area contributed by atoms with E-state index >= 15 is 0 Å². The molecule has 0 amide bonds. The van der Waals surface area contributed by atoms with E-state index in [1.165, 1.54) is 87.3 Å². The molecule has 0 aliphatic heterocycles. The first-order valence-corrected chi connectivity index (χ1v) is 21.5. The second-order valence-electron chi connectivity index (χ2n) is 16.2. The quantitative estimate of drug-likeness (QED) is 0.163. The van der Waals surface area contributed by atoms with Gasteiger partial charge in [-0.05, 0) is 100 Å². The Morgan fingerprint density at radius 3 is 2.09 bits per heavy atom. The lowest BCUT2D eigenvalue weighted by Gasteiger charge is -2.53. The Kier molecular flexibility index (Phi) is 7.56. The lowest BCUT2D eigenvalue weighted by atomic mass is 9.49. The predicted molar refractivity (Wildman–Crippen MR) is 244 cm³/mol. The molecule has 0 saturated carbocycles. The van der Waals surface area contributed by atoms with Crippen molar-refractivity contribution >= 4 is 42.9 Å². The first-order chi connectivity index (χ1) is 28.8. The van der Waals surface area contributed by atoms with Gasteiger partial charge in [0.15, 0.2) is 0 Å². The van der Waals surface area contributed by atoms with E-state index in [1.54, 1.807) is 0 Å². The van der Waals surface area contributed by atoms with Gasteiger partial charge in [-0.1, -0.05) is 182 Å². The van der Waals surface area contributed by atoms with E-state index in [-0.39, 0.29) is 11.3 Å². The summed E-state index contributed by atoms with van der Waals surface area (Å²) in [5.41, 5.74) is 15.5. The molecule has 0 spiro atoms. The number of thiophene rings is 1. The smallest absolute Gasteiger partial charge is 0.0719 e. The zero-order valence-electron chi connectivity index (χ0n) is 32.2. The van der Waals surface area contributed by atoms with Crippen LogP contribution >= 0.6 is 11.3 Å². The molecule has 1 nitrogen and oxygen atoms in total. The molecular formula is C56H41NS. The maximum atomic E-state index is 2.57. The van der Waals surface area contributed by atoms with Gasteiger partial charge in [0, 0.05) is 32.3 Å². The minimum atomic E-state index is -0.415. The number of rotatable bonds is 6. The van der Waals surface area contributed by atoms with E-state index in [0.717, 1.165) is 19.3 Å². The summed E-state index contributed by atoms with van der Waals surface area (Å²) in [5, 5.41) is 2.63. The average molecular weight is 760 g/mol. The van der Waals surface area contributed by atoms with Crippen molar-refractivity contribution in [3.8, 4) is 11.1 Å². The highest BCUT2D eigenvalue weighted by Gasteiger charge is 2.59. The number of hydrogen-bond acceptors (Lipinski definition) is 2. The molecule has 0 saturated heterocycles. The Balaban J connectivity index is 1.09. The van der Waals surface area contributed by atoms with Crippen LogP contribution in [0.15, 0.2) is 218 Å². The molecule has 4 aliphatic carbocycles. The Labute approximate surface area is 344 Å². The van der Waals surface area contributed by atoms with Crippen LogP contribution < -0.4 is 4.90 Å². The summed E-state index contributed by atoms with van der Waals surface area (Å²) in [4.78, 5) is 2.49. The molecule has 1 heterocycles. The van der Waals surface area contributed by atoms with Crippen molar-refractivity contribution in [3.05, 3.63) is 251 Å². The molecular weight excluding hydrogens is 719 g/mol. The van der Waals surface area contributed by atoms with E-state index in [0.29, 0.717) is 0 Å². The average Bonchev–Trinajstić information content (AvgIpc) is 3.84. The SMILES string of the molecule is C1=CCCC(C2(C3C=CC(N(c4ccccc4)c4cccc5c4sc4ccccc45)=CC3)c3ccccc3C3(c4ccccc4)c4ccccc4-c4cccc2c43)=C1. The van der Waals surface area contributed by atoms with Crippen molar-refractivity contribution in [3.63, 3.8) is 0 Å². The van der Waals surface area contributed by atoms with E-state index in [4.69, 9.17) is 0 Å². The lowest BCUT2D eigenvalue weighted by Crippen LogP contribution is -2.48. The van der Waals surface area contributed by atoms with Gasteiger partial charge in [-0.2, -0.15) is 0 Å². The molecule has 8 aromatic rings. The van der Waals surface area contributed by atoms with Crippen LogP contribution in [0.4, 0.5) is 11.4 Å². The van der Waals surface area contributed by atoms with Crippen LogP contribution in [-0.4, -0.2) is 0 Å². The van der Waals surface area contributed by atoms with Gasteiger partial charge in [0.2, 0.25) is 0 Å². The first kappa shape index (κ1) is 33.6. The van der Waals surface area contributed by atoms with Crippen molar-refractivity contribution < 1.29 is 0 Å². The maximum Gasteiger partial charge on any atom is 0.0719 e. The van der Waals surface area contributed by atoms with Crippen LogP contribution in [0.3, 0.4) is 0 Å². The molecule has 1 aromatic heterocycles. The third kappa shape index (κ3) is 4.52. The number of nitrogens with zero attached hydrogens (tertiary/aromatic N) is 1. The number of benzene rings is 7. The molecule has 7 aromatic carbocycles. The Morgan fingerprint density at radius 1 is 0.586 bits per heavy atom. The number of allylic oxidation sites excluding steroid dienone is 7. The standard InChI is InChI=1S/C56H41NS/c1-4-18-38(19-5-1)55(40-34-36-42(37-35-40)57(41-22-8-3-9-23-41)51-32-17-27-46-44-25-11-15-33-52(44)58-54(46)51)48-29-13-14-30-49(48)56(39-20-6-2-7-21-39)47-28-12-10-24-43(47)45-26-16-31-50(55)53(45)56/h1-4,6-18,20-34,36-37,40H,5,19,35H2. The monoisotopic (exact) mass is 759 g/mol. The van der Waals surface area contributed by atoms with Crippen molar-refractivity contribution in [1.82, 2.24) is 0 Å². The number of para-hydroxylation sites is 1. The Bertz CT molecular complexity index is 3050. The van der Waals surface area contributed by atoms with Crippen LogP contribution in [-0.2, 0) is 10.8 Å². The van der Waals surface area contributed by atoms with E-state index in [9.17, 15) is 0 Å². The van der Waals surface area contributed by atoms with Gasteiger partial charge in [-0.3, -0.25) is 0 Å². The van der Waals surface area contributed by atoms with Gasteiger partial charge in [0.05, 0.1) is 15.8 Å². The van der Waals surface area contributed by atoms with Gasteiger partial charge in [-0.15, -0.1) is 11.3 Å². The topological polar surface area (TPSA) is 3.24 Å². The molecule has 4 aliphatic rings. The van der Waals surface area contributed by atoms with Crippen molar-refractivity contribution in [2.24, 2.45) is 5.92 Å². The van der Waals surface area contributed by atoms with Crippen molar-refractivity contribution in [2.75, 3.05) is 4.90 Å². The molecule has 12 rings (SSSR count).